The summed E-state index contributed by atoms with van der Waals surface area (Å²) in [6.07, 6.45) is 3.61. The highest BCUT2D eigenvalue weighted by Crippen LogP contribution is 2.24. The van der Waals surface area contributed by atoms with Gasteiger partial charge in [-0.05, 0) is 49.6 Å². The lowest BCUT2D eigenvalue weighted by atomic mass is 10.2. The minimum Gasteiger partial charge on any atom is -0.497 e. The highest BCUT2D eigenvalue weighted by atomic mass is 16.5. The number of hydrogen-bond acceptors (Lipinski definition) is 6. The van der Waals surface area contributed by atoms with Crippen LogP contribution in [0.1, 0.15) is 31.1 Å². The molecule has 3 rings (SSSR count). The molecule has 8 nitrogen and oxygen atoms in total. The molecule has 0 saturated carbocycles. The van der Waals surface area contributed by atoms with E-state index in [0.717, 1.165) is 62.2 Å². The Hall–Kier alpha value is -2.71. The number of nitrogens with zero attached hydrogens (tertiary/aromatic N) is 2. The van der Waals surface area contributed by atoms with Crippen LogP contribution in [0.25, 0.3) is 0 Å². The van der Waals surface area contributed by atoms with Gasteiger partial charge in [0, 0.05) is 51.4 Å². The number of nitrogens with one attached hydrogen (secondary N) is 2. The van der Waals surface area contributed by atoms with Gasteiger partial charge < -0.3 is 29.3 Å². The standard InChI is InChI=1S/C24H36N4O4/c1-4-25-24(26-9-6-11-31-18-21-7-5-12-32-21)27-20-8-10-28(17-20)16-19-13-22(29-2)15-23(14-19)30-3/h5,7,12-15,20H,4,6,8-11,16-18H2,1-3H3,(H2,25,26,27). The number of likely N-dealkylation sites (tertiary alicyclic amines) is 1. The van der Waals surface area contributed by atoms with Crippen LogP contribution in [0.2, 0.25) is 0 Å². The summed E-state index contributed by atoms with van der Waals surface area (Å²) in [4.78, 5) is 7.15. The molecule has 1 fully saturated rings. The molecular weight excluding hydrogens is 408 g/mol. The Kier molecular flexibility index (Phi) is 9.71. The van der Waals surface area contributed by atoms with Gasteiger partial charge in [-0.3, -0.25) is 9.89 Å². The van der Waals surface area contributed by atoms with E-state index in [2.05, 4.69) is 34.6 Å². The second kappa shape index (κ2) is 13.0. The first-order valence-electron chi connectivity index (χ1n) is 11.3. The fraction of sp³-hybridized carbons (Fsp3) is 0.542. The van der Waals surface area contributed by atoms with E-state index in [1.807, 2.05) is 18.2 Å². The fourth-order valence-electron chi connectivity index (χ4n) is 3.75. The number of aliphatic imine (C=N–C) groups is 1. The van der Waals surface area contributed by atoms with Crippen LogP contribution >= 0.6 is 0 Å². The number of rotatable bonds is 12. The average Bonchev–Trinajstić information content (AvgIpc) is 3.48. The summed E-state index contributed by atoms with van der Waals surface area (Å²) in [5, 5.41) is 6.93. The summed E-state index contributed by atoms with van der Waals surface area (Å²) in [5.41, 5.74) is 1.19. The van der Waals surface area contributed by atoms with E-state index in [0.29, 0.717) is 25.8 Å². The molecule has 32 heavy (non-hydrogen) atoms. The number of hydrogen-bond donors (Lipinski definition) is 2. The maximum atomic E-state index is 5.63. The predicted molar refractivity (Wildman–Crippen MR) is 125 cm³/mol. The maximum Gasteiger partial charge on any atom is 0.191 e. The molecule has 0 bridgehead atoms. The van der Waals surface area contributed by atoms with E-state index < -0.39 is 0 Å². The van der Waals surface area contributed by atoms with Crippen LogP contribution in [-0.4, -0.2) is 63.9 Å². The first kappa shape index (κ1) is 23.9. The Labute approximate surface area is 190 Å². The van der Waals surface area contributed by atoms with Gasteiger partial charge in [-0.2, -0.15) is 0 Å². The van der Waals surface area contributed by atoms with Crippen molar-refractivity contribution < 1.29 is 18.6 Å². The van der Waals surface area contributed by atoms with Crippen LogP contribution in [0.5, 0.6) is 11.5 Å². The topological polar surface area (TPSA) is 80.5 Å². The first-order chi connectivity index (χ1) is 15.7. The predicted octanol–water partition coefficient (Wildman–Crippen LogP) is 3.03. The summed E-state index contributed by atoms with van der Waals surface area (Å²) < 4.78 is 21.7. The molecule has 0 amide bonds. The van der Waals surface area contributed by atoms with Gasteiger partial charge in [-0.25, -0.2) is 0 Å². The maximum absolute atomic E-state index is 5.63. The van der Waals surface area contributed by atoms with E-state index in [1.54, 1.807) is 20.5 Å². The smallest absolute Gasteiger partial charge is 0.191 e. The second-order valence-electron chi connectivity index (χ2n) is 7.83. The van der Waals surface area contributed by atoms with Crippen LogP contribution in [-0.2, 0) is 17.9 Å². The number of ether oxygens (including phenoxy) is 3. The minimum absolute atomic E-state index is 0.371. The molecule has 1 atom stereocenters. The monoisotopic (exact) mass is 444 g/mol. The summed E-state index contributed by atoms with van der Waals surface area (Å²) in [6.45, 7) is 7.67. The van der Waals surface area contributed by atoms with Crippen molar-refractivity contribution in [3.8, 4) is 11.5 Å². The molecule has 1 aliphatic heterocycles. The number of benzene rings is 1. The molecule has 1 saturated heterocycles. The molecule has 0 radical (unpaired) electrons. The number of methoxy groups -OCH3 is 2. The number of furan rings is 1. The molecule has 0 aliphatic carbocycles. The highest BCUT2D eigenvalue weighted by molar-refractivity contribution is 5.80. The van der Waals surface area contributed by atoms with Crippen LogP contribution in [0.3, 0.4) is 0 Å². The van der Waals surface area contributed by atoms with Crippen molar-refractivity contribution in [2.45, 2.75) is 39.0 Å². The summed E-state index contributed by atoms with van der Waals surface area (Å²) in [5.74, 6) is 3.36. The van der Waals surface area contributed by atoms with Crippen molar-refractivity contribution in [1.29, 1.82) is 0 Å². The Bertz CT molecular complexity index is 803. The molecular formula is C24H36N4O4. The quantitative estimate of drug-likeness (QED) is 0.296. The third kappa shape index (κ3) is 7.76. The number of guanidine groups is 1. The van der Waals surface area contributed by atoms with Crippen LogP contribution < -0.4 is 20.1 Å². The van der Waals surface area contributed by atoms with Gasteiger partial charge in [0.1, 0.15) is 23.9 Å². The molecule has 2 aromatic rings. The lowest BCUT2D eigenvalue weighted by Gasteiger charge is -2.19. The largest absolute Gasteiger partial charge is 0.497 e. The Balaban J connectivity index is 1.42. The van der Waals surface area contributed by atoms with E-state index in [-0.39, 0.29) is 0 Å². The Morgan fingerprint density at radius 1 is 1.22 bits per heavy atom. The Morgan fingerprint density at radius 3 is 2.72 bits per heavy atom. The Morgan fingerprint density at radius 2 is 2.03 bits per heavy atom. The molecule has 176 valence electrons. The molecule has 2 N–H and O–H groups in total. The van der Waals surface area contributed by atoms with E-state index in [1.165, 1.54) is 5.56 Å². The molecule has 8 heteroatoms. The van der Waals surface area contributed by atoms with Crippen molar-refractivity contribution in [2.75, 3.05) is 47.0 Å². The van der Waals surface area contributed by atoms with Crippen molar-refractivity contribution in [3.05, 3.63) is 47.9 Å². The summed E-state index contributed by atoms with van der Waals surface area (Å²) in [6, 6.07) is 10.2. The van der Waals surface area contributed by atoms with Gasteiger partial charge in [0.25, 0.3) is 0 Å². The summed E-state index contributed by atoms with van der Waals surface area (Å²) in [7, 11) is 3.36. The zero-order valence-corrected chi connectivity index (χ0v) is 19.4. The van der Waals surface area contributed by atoms with Crippen molar-refractivity contribution >= 4 is 5.96 Å². The molecule has 1 aliphatic rings. The normalized spacial score (nSPS) is 16.8. The van der Waals surface area contributed by atoms with Gasteiger partial charge in [-0.1, -0.05) is 0 Å². The third-order valence-electron chi connectivity index (χ3n) is 5.32. The zero-order chi connectivity index (χ0) is 22.6. The fourth-order valence-corrected chi connectivity index (χ4v) is 3.75. The van der Waals surface area contributed by atoms with Crippen molar-refractivity contribution in [3.63, 3.8) is 0 Å². The summed E-state index contributed by atoms with van der Waals surface area (Å²) >= 11 is 0. The van der Waals surface area contributed by atoms with Crippen LogP contribution in [0, 0.1) is 0 Å². The van der Waals surface area contributed by atoms with E-state index in [9.17, 15) is 0 Å². The molecule has 0 spiro atoms. The average molecular weight is 445 g/mol. The lowest BCUT2D eigenvalue weighted by Crippen LogP contribution is -2.44. The molecule has 1 aromatic heterocycles. The third-order valence-corrected chi connectivity index (χ3v) is 5.32. The van der Waals surface area contributed by atoms with E-state index >= 15 is 0 Å². The van der Waals surface area contributed by atoms with Gasteiger partial charge >= 0.3 is 0 Å². The van der Waals surface area contributed by atoms with Crippen LogP contribution in [0.4, 0.5) is 0 Å². The van der Waals surface area contributed by atoms with E-state index in [4.69, 9.17) is 23.6 Å². The molecule has 1 unspecified atom stereocenters. The van der Waals surface area contributed by atoms with Crippen molar-refractivity contribution in [1.82, 2.24) is 15.5 Å². The zero-order valence-electron chi connectivity index (χ0n) is 19.4. The molecule has 2 heterocycles. The minimum atomic E-state index is 0.371. The van der Waals surface area contributed by atoms with Gasteiger partial charge in [-0.15, -0.1) is 0 Å². The second-order valence-corrected chi connectivity index (χ2v) is 7.83. The first-order valence-corrected chi connectivity index (χ1v) is 11.3. The van der Waals surface area contributed by atoms with Gasteiger partial charge in [0.05, 0.1) is 20.5 Å². The molecule has 1 aromatic carbocycles. The van der Waals surface area contributed by atoms with Gasteiger partial charge in [0.15, 0.2) is 5.96 Å². The lowest BCUT2D eigenvalue weighted by molar-refractivity contribution is 0.105. The SMILES string of the molecule is CCNC(=NCCCOCc1ccco1)NC1CCN(Cc2cc(OC)cc(OC)c2)C1. The van der Waals surface area contributed by atoms with Crippen LogP contribution in [0.15, 0.2) is 46.0 Å². The van der Waals surface area contributed by atoms with Gasteiger partial charge in [0.2, 0.25) is 0 Å². The van der Waals surface area contributed by atoms with Crippen molar-refractivity contribution in [2.24, 2.45) is 4.99 Å². The highest BCUT2D eigenvalue weighted by Gasteiger charge is 2.23.